The second kappa shape index (κ2) is 28.5. The van der Waals surface area contributed by atoms with Crippen LogP contribution in [0.4, 0.5) is 43.9 Å². The van der Waals surface area contributed by atoms with Crippen LogP contribution >= 0.6 is 0 Å². The average Bonchev–Trinajstić information content (AvgIpc) is 3.31. The number of carboxylic acid groups (broad SMARTS) is 4. The predicted molar refractivity (Wildman–Crippen MR) is 251 cm³/mol. The van der Waals surface area contributed by atoms with Gasteiger partial charge in [-0.3, -0.25) is 28.8 Å². The third kappa shape index (κ3) is 23.9. The molecule has 0 saturated carbocycles. The molecule has 0 radical (unpaired) electrons. The molecule has 4 aliphatic rings. The molecule has 2 atom stereocenters. The van der Waals surface area contributed by atoms with E-state index in [1.807, 2.05) is 17.8 Å². The summed E-state index contributed by atoms with van der Waals surface area (Å²) in [7, 11) is 0. The van der Waals surface area contributed by atoms with E-state index in [-0.39, 0.29) is 80.9 Å². The van der Waals surface area contributed by atoms with Gasteiger partial charge >= 0.3 is 47.6 Å². The number of carbonyl (C=O) groups excluding carboxylic acids is 3. The first kappa shape index (κ1) is 64.7. The summed E-state index contributed by atoms with van der Waals surface area (Å²) >= 11 is 0. The highest BCUT2D eigenvalue weighted by Crippen LogP contribution is 2.36. The molecule has 0 spiro atoms. The quantitative estimate of drug-likeness (QED) is 0.120. The van der Waals surface area contributed by atoms with Gasteiger partial charge in [-0.1, -0.05) is 24.3 Å². The lowest BCUT2D eigenvalue weighted by atomic mass is 10.0. The van der Waals surface area contributed by atoms with E-state index >= 15 is 0 Å². The summed E-state index contributed by atoms with van der Waals surface area (Å²) in [5.41, 5.74) is -4.30. The molecule has 416 valence electrons. The number of hydrogen-bond acceptors (Lipinski definition) is 8. The zero-order chi connectivity index (χ0) is 57.7. The van der Waals surface area contributed by atoms with Gasteiger partial charge in [-0.05, 0) is 68.7 Å². The number of carbonyl (C=O) groups is 7. The molecule has 1 aromatic carbocycles. The number of amides is 3. The highest BCUT2D eigenvalue weighted by molar-refractivity contribution is 5.96. The van der Waals surface area contributed by atoms with E-state index in [1.54, 1.807) is 16.7 Å². The molecule has 1 aromatic rings. The van der Waals surface area contributed by atoms with Gasteiger partial charge in [0, 0.05) is 88.9 Å². The fraction of sp³-hybridized carbons (Fsp3) is 0.549. The van der Waals surface area contributed by atoms with Crippen molar-refractivity contribution in [3.63, 3.8) is 0 Å². The maximum atomic E-state index is 14.2. The van der Waals surface area contributed by atoms with Crippen LogP contribution in [0, 0.1) is 47.4 Å². The Bertz CT molecular complexity index is 2520. The monoisotopic (exact) mass is 1090 g/mol. The van der Waals surface area contributed by atoms with E-state index < -0.39 is 110 Å². The van der Waals surface area contributed by atoms with Crippen molar-refractivity contribution in [2.75, 3.05) is 52.4 Å². The molecule has 0 saturated heterocycles. The normalized spacial score (nSPS) is 21.8. The van der Waals surface area contributed by atoms with Crippen LogP contribution < -0.4 is 0 Å². The topological polar surface area (TPSA) is 213 Å². The van der Waals surface area contributed by atoms with Crippen molar-refractivity contribution < 1.29 is 97.9 Å². The fourth-order valence-electron chi connectivity index (χ4n) is 6.78. The summed E-state index contributed by atoms with van der Waals surface area (Å²) in [6.45, 7) is 4.10. The molecule has 0 fully saturated rings. The van der Waals surface area contributed by atoms with Crippen molar-refractivity contribution in [1.82, 2.24) is 19.6 Å². The van der Waals surface area contributed by atoms with E-state index in [4.69, 9.17) is 20.4 Å². The summed E-state index contributed by atoms with van der Waals surface area (Å²) in [5, 5.41) is 34.2. The third-order valence-electron chi connectivity index (χ3n) is 10.9. The van der Waals surface area contributed by atoms with Gasteiger partial charge in [0.2, 0.25) is 11.8 Å². The number of aromatic carboxylic acids is 1. The number of halogens is 10. The first-order valence-electron chi connectivity index (χ1n) is 23.3. The SMILES string of the molecule is C=C(CCC(=O)O)N1CCC#CC(F)(F)C(F)(F)C1.CC1(F)C#CC(F)(F)CCN(C(=O)CCC(=O)O)C1.CC1(F)C#CC(F)(F)CCN(C(=O)c2ccc(C(=O)O)cc2)C1.O=C(O)CCC(=O)N1CCC#CCCC1. The smallest absolute Gasteiger partial charge is 0.372 e. The Morgan fingerprint density at radius 1 is 0.500 bits per heavy atom. The Kier molecular flexibility index (Phi) is 24.2. The van der Waals surface area contributed by atoms with Crippen molar-refractivity contribution in [2.24, 2.45) is 0 Å². The fourth-order valence-corrected chi connectivity index (χ4v) is 6.78. The largest absolute Gasteiger partial charge is 0.481 e. The predicted octanol–water partition coefficient (Wildman–Crippen LogP) is 7.26. The van der Waals surface area contributed by atoms with Crippen molar-refractivity contribution in [2.45, 2.75) is 126 Å². The standard InChI is InChI=1S/C16H14F3NO3.C12H13F4NO2.C12H14F3NO3.C11H15NO3/c1-15(17)6-7-16(18,19)8-9-20(10-15)13(21)11-2-4-12(5-3-11)14(22)23;1-9(4-5-10(18)19)17-7-3-2-6-11(13,14)12(15,16)8-17;1-11(13)4-5-12(14,15)6-7-16(8-11)9(17)2-3-10(18)19;13-10(6-7-11(14)15)12-8-4-2-1-3-5-9-12/h2-5H,8-10H2,1H3,(H,22,23);1,3-5,7-8H2,(H,18,19);2-3,6-8H2,1H3,(H,18,19);2,4-9H2,(H,14,15). The van der Waals surface area contributed by atoms with Crippen LogP contribution in [0.5, 0.6) is 0 Å². The number of rotatable bonds is 12. The first-order chi connectivity index (χ1) is 35.1. The molecule has 2 unspecified atom stereocenters. The maximum Gasteiger partial charge on any atom is 0.372 e. The third-order valence-corrected chi connectivity index (χ3v) is 10.9. The minimum Gasteiger partial charge on any atom is -0.481 e. The number of allylic oxidation sites excluding steroid dienone is 1. The molecular weight excluding hydrogens is 1030 g/mol. The zero-order valence-corrected chi connectivity index (χ0v) is 41.4. The number of nitrogens with zero attached hydrogens (tertiary/aromatic N) is 4. The van der Waals surface area contributed by atoms with E-state index in [0.29, 0.717) is 19.5 Å². The maximum absolute atomic E-state index is 14.2. The molecule has 4 heterocycles. The molecule has 76 heavy (non-hydrogen) atoms. The first-order valence-corrected chi connectivity index (χ1v) is 23.3. The zero-order valence-electron chi connectivity index (χ0n) is 41.4. The van der Waals surface area contributed by atoms with Crippen molar-refractivity contribution >= 4 is 41.6 Å². The van der Waals surface area contributed by atoms with Crippen LogP contribution in [0.1, 0.15) is 112 Å². The van der Waals surface area contributed by atoms with Gasteiger partial charge in [0.1, 0.15) is 0 Å². The molecule has 25 heteroatoms. The van der Waals surface area contributed by atoms with Crippen molar-refractivity contribution in [3.8, 4) is 47.4 Å². The summed E-state index contributed by atoms with van der Waals surface area (Å²) < 4.78 is 134. The van der Waals surface area contributed by atoms with Crippen molar-refractivity contribution in [3.05, 3.63) is 47.7 Å². The van der Waals surface area contributed by atoms with Gasteiger partial charge < -0.3 is 40.0 Å². The van der Waals surface area contributed by atoms with E-state index in [1.165, 1.54) is 30.2 Å². The minimum absolute atomic E-state index is 0.00222. The summed E-state index contributed by atoms with van der Waals surface area (Å²) in [6.07, 6.45) is -0.0724. The molecule has 15 nitrogen and oxygen atoms in total. The number of aliphatic carboxylic acids is 3. The highest BCUT2D eigenvalue weighted by Gasteiger charge is 2.56. The van der Waals surface area contributed by atoms with Gasteiger partial charge in [0.15, 0.2) is 11.3 Å². The Morgan fingerprint density at radius 2 is 0.934 bits per heavy atom. The average molecular weight is 1090 g/mol. The van der Waals surface area contributed by atoms with Crippen molar-refractivity contribution in [1.29, 1.82) is 0 Å². The molecule has 0 bridgehead atoms. The molecule has 3 amide bonds. The Hall–Kier alpha value is -7.41. The van der Waals surface area contributed by atoms with Gasteiger partial charge in [-0.15, -0.1) is 11.8 Å². The number of benzene rings is 1. The van der Waals surface area contributed by atoms with Gasteiger partial charge in [-0.2, -0.15) is 35.1 Å². The lowest BCUT2D eigenvalue weighted by Crippen LogP contribution is -2.49. The molecular formula is C51H56F10N4O11. The van der Waals surface area contributed by atoms with Crippen LogP contribution in [0.3, 0.4) is 0 Å². The van der Waals surface area contributed by atoms with E-state index in [0.717, 1.165) is 41.4 Å². The molecule has 0 aliphatic carbocycles. The molecule has 0 aromatic heterocycles. The van der Waals surface area contributed by atoms with Crippen LogP contribution in [-0.4, -0.2) is 169 Å². The van der Waals surface area contributed by atoms with Gasteiger partial charge in [0.25, 0.3) is 5.91 Å². The lowest BCUT2D eigenvalue weighted by Gasteiger charge is -2.33. The minimum atomic E-state index is -4.39. The Balaban J connectivity index is 0.000000350. The van der Waals surface area contributed by atoms with E-state index in [2.05, 4.69) is 18.4 Å². The number of alkyl halides is 10. The van der Waals surface area contributed by atoms with E-state index in [9.17, 15) is 77.5 Å². The van der Waals surface area contributed by atoms with Crippen LogP contribution in [0.25, 0.3) is 0 Å². The second-order valence-corrected chi connectivity index (χ2v) is 17.8. The summed E-state index contributed by atoms with van der Waals surface area (Å²) in [4.78, 5) is 82.0. The molecule has 4 aliphatic heterocycles. The Morgan fingerprint density at radius 3 is 1.45 bits per heavy atom. The van der Waals surface area contributed by atoms with Gasteiger partial charge in [0.05, 0.1) is 44.5 Å². The molecule has 4 N–H and O–H groups in total. The summed E-state index contributed by atoms with van der Waals surface area (Å²) in [5.74, 6) is -4.98. The van der Waals surface area contributed by atoms with Crippen LogP contribution in [-0.2, 0) is 24.0 Å². The lowest BCUT2D eigenvalue weighted by molar-refractivity contribution is -0.181. The summed E-state index contributed by atoms with van der Waals surface area (Å²) in [6, 6.07) is 4.99. The van der Waals surface area contributed by atoms with Gasteiger partial charge in [-0.25, -0.2) is 13.6 Å². The van der Waals surface area contributed by atoms with Crippen LogP contribution in [0.2, 0.25) is 0 Å². The molecule has 5 rings (SSSR count). The number of carboxylic acids is 4. The Labute approximate surface area is 431 Å². The second-order valence-electron chi connectivity index (χ2n) is 17.8. The highest BCUT2D eigenvalue weighted by atomic mass is 19.3. The van der Waals surface area contributed by atoms with Crippen LogP contribution in [0.15, 0.2) is 36.5 Å². The number of hydrogen-bond donors (Lipinski definition) is 4.